The number of phenolic OH excluding ortho intramolecular Hbond substituents is 1. The number of anilines is 1. The lowest BCUT2D eigenvalue weighted by Crippen LogP contribution is -2.29. The van der Waals surface area contributed by atoms with Gasteiger partial charge in [-0.1, -0.05) is 48.6 Å². The van der Waals surface area contributed by atoms with Crippen molar-refractivity contribution in [1.29, 1.82) is 0 Å². The van der Waals surface area contributed by atoms with Crippen LogP contribution in [-0.2, 0) is 0 Å². The average molecular weight is 358 g/mol. The molecule has 5 rings (SSSR count). The lowest BCUT2D eigenvalue weighted by atomic mass is 9.75. The van der Waals surface area contributed by atoms with E-state index in [9.17, 15) is 15.2 Å². The summed E-state index contributed by atoms with van der Waals surface area (Å²) in [4.78, 5) is 10.7. The van der Waals surface area contributed by atoms with Crippen LogP contribution in [0.1, 0.15) is 29.5 Å². The summed E-state index contributed by atoms with van der Waals surface area (Å²) >= 11 is 0. The maximum atomic E-state index is 11.2. The van der Waals surface area contributed by atoms with Crippen LogP contribution < -0.4 is 5.32 Å². The Hall–Kier alpha value is -3.34. The lowest BCUT2D eigenvalue weighted by molar-refractivity contribution is -0.385. The SMILES string of the molecule is O=[N+]([O-])c1cc([C@H]2Nc3ccc4ccccc4c3[C@H]3C=CC[C@@H]32)ccc1O. The van der Waals surface area contributed by atoms with Crippen LogP contribution in [0.15, 0.2) is 66.7 Å². The quantitative estimate of drug-likeness (QED) is 0.371. The molecule has 0 saturated carbocycles. The number of phenols is 1. The Kier molecular flexibility index (Phi) is 3.44. The molecule has 1 heterocycles. The summed E-state index contributed by atoms with van der Waals surface area (Å²) in [5.41, 5.74) is 2.96. The van der Waals surface area contributed by atoms with Crippen LogP contribution in [0.25, 0.3) is 10.8 Å². The molecular formula is C22H18N2O3. The van der Waals surface area contributed by atoms with Gasteiger partial charge < -0.3 is 10.4 Å². The molecule has 1 aliphatic carbocycles. The zero-order valence-corrected chi connectivity index (χ0v) is 14.5. The van der Waals surface area contributed by atoms with E-state index in [1.165, 1.54) is 28.5 Å². The first-order valence-corrected chi connectivity index (χ1v) is 9.05. The monoisotopic (exact) mass is 358 g/mol. The van der Waals surface area contributed by atoms with Gasteiger partial charge in [0.25, 0.3) is 0 Å². The van der Waals surface area contributed by atoms with Gasteiger partial charge in [-0.05, 0) is 46.4 Å². The van der Waals surface area contributed by atoms with Crippen LogP contribution >= 0.6 is 0 Å². The number of nitro benzene ring substituents is 1. The summed E-state index contributed by atoms with van der Waals surface area (Å²) in [5, 5.41) is 27.1. The van der Waals surface area contributed by atoms with Crippen molar-refractivity contribution in [3.63, 3.8) is 0 Å². The van der Waals surface area contributed by atoms with Gasteiger partial charge in [0, 0.05) is 17.7 Å². The molecule has 0 amide bonds. The zero-order valence-electron chi connectivity index (χ0n) is 14.5. The van der Waals surface area contributed by atoms with Crippen LogP contribution in [0.4, 0.5) is 11.4 Å². The van der Waals surface area contributed by atoms with Crippen molar-refractivity contribution in [2.45, 2.75) is 18.4 Å². The second-order valence-corrected chi connectivity index (χ2v) is 7.23. The van der Waals surface area contributed by atoms with E-state index in [2.05, 4.69) is 47.8 Å². The fraction of sp³-hybridized carbons (Fsp3) is 0.182. The highest BCUT2D eigenvalue weighted by atomic mass is 16.6. The molecule has 0 bridgehead atoms. The van der Waals surface area contributed by atoms with Crippen LogP contribution in [0.3, 0.4) is 0 Å². The summed E-state index contributed by atoms with van der Waals surface area (Å²) in [7, 11) is 0. The first-order valence-electron chi connectivity index (χ1n) is 9.05. The number of nitrogens with one attached hydrogen (secondary N) is 1. The Morgan fingerprint density at radius 2 is 1.96 bits per heavy atom. The fourth-order valence-corrected chi connectivity index (χ4v) is 4.59. The van der Waals surface area contributed by atoms with Crippen molar-refractivity contribution in [2.75, 3.05) is 5.32 Å². The first kappa shape index (κ1) is 15.9. The van der Waals surface area contributed by atoms with E-state index < -0.39 is 4.92 Å². The van der Waals surface area contributed by atoms with Crippen molar-refractivity contribution in [3.8, 4) is 5.75 Å². The highest BCUT2D eigenvalue weighted by Crippen LogP contribution is 2.52. The zero-order chi connectivity index (χ0) is 18.5. The van der Waals surface area contributed by atoms with Gasteiger partial charge in [-0.2, -0.15) is 0 Å². The van der Waals surface area contributed by atoms with Crippen molar-refractivity contribution in [1.82, 2.24) is 0 Å². The topological polar surface area (TPSA) is 75.4 Å². The minimum Gasteiger partial charge on any atom is -0.502 e. The summed E-state index contributed by atoms with van der Waals surface area (Å²) < 4.78 is 0. The third-order valence-corrected chi connectivity index (χ3v) is 5.81. The summed E-state index contributed by atoms with van der Waals surface area (Å²) in [6.45, 7) is 0. The molecule has 0 fully saturated rings. The van der Waals surface area contributed by atoms with E-state index in [4.69, 9.17) is 0 Å². The van der Waals surface area contributed by atoms with Crippen molar-refractivity contribution in [3.05, 3.63) is 88.0 Å². The number of nitrogens with zero attached hydrogens (tertiary/aromatic N) is 1. The smallest absolute Gasteiger partial charge is 0.311 e. The Labute approximate surface area is 156 Å². The van der Waals surface area contributed by atoms with Crippen LogP contribution in [0.2, 0.25) is 0 Å². The number of aromatic hydroxyl groups is 1. The Balaban J connectivity index is 1.65. The molecule has 3 atom stereocenters. The number of rotatable bonds is 2. The molecule has 0 aromatic heterocycles. The second kappa shape index (κ2) is 5.84. The van der Waals surface area contributed by atoms with Gasteiger partial charge in [0.2, 0.25) is 0 Å². The lowest BCUT2D eigenvalue weighted by Gasteiger charge is -2.38. The predicted octanol–water partition coefficient (Wildman–Crippen LogP) is 5.28. The molecule has 0 spiro atoms. The van der Waals surface area contributed by atoms with E-state index in [-0.39, 0.29) is 29.3 Å². The van der Waals surface area contributed by atoms with Crippen LogP contribution in [-0.4, -0.2) is 10.0 Å². The molecule has 0 saturated heterocycles. The van der Waals surface area contributed by atoms with E-state index >= 15 is 0 Å². The highest BCUT2D eigenvalue weighted by Gasteiger charge is 2.39. The van der Waals surface area contributed by atoms with Crippen molar-refractivity contribution in [2.24, 2.45) is 5.92 Å². The molecular weight excluding hydrogens is 340 g/mol. The molecule has 2 aliphatic rings. The molecule has 1 aliphatic heterocycles. The second-order valence-electron chi connectivity index (χ2n) is 7.23. The maximum Gasteiger partial charge on any atom is 0.311 e. The third-order valence-electron chi connectivity index (χ3n) is 5.81. The normalized spacial score (nSPS) is 22.9. The highest BCUT2D eigenvalue weighted by molar-refractivity contribution is 5.91. The van der Waals surface area contributed by atoms with Gasteiger partial charge in [-0.25, -0.2) is 0 Å². The molecule has 0 radical (unpaired) electrons. The standard InChI is InChI=1S/C22H18N2O3/c25-20-11-9-14(12-19(20)24(26)27)22-17-7-3-6-16(17)21-15-5-2-1-4-13(15)8-10-18(21)23-22/h1-6,8-12,16-17,22-23,25H,7H2/t16-,17-,22+/m0/s1. The predicted molar refractivity (Wildman–Crippen MR) is 105 cm³/mol. The van der Waals surface area contributed by atoms with Gasteiger partial charge in [0.1, 0.15) is 0 Å². The summed E-state index contributed by atoms with van der Waals surface area (Å²) in [6.07, 6.45) is 5.38. The van der Waals surface area contributed by atoms with Crippen molar-refractivity contribution >= 4 is 22.1 Å². The number of hydrogen-bond acceptors (Lipinski definition) is 4. The van der Waals surface area contributed by atoms with Crippen LogP contribution in [0, 0.1) is 16.0 Å². The number of benzene rings is 3. The molecule has 134 valence electrons. The van der Waals surface area contributed by atoms with Gasteiger partial charge >= 0.3 is 5.69 Å². The molecule has 2 N–H and O–H groups in total. The van der Waals surface area contributed by atoms with E-state index in [1.54, 1.807) is 6.07 Å². The van der Waals surface area contributed by atoms with E-state index in [0.717, 1.165) is 17.7 Å². The Morgan fingerprint density at radius 1 is 1.11 bits per heavy atom. The van der Waals surface area contributed by atoms with Gasteiger partial charge in [0.05, 0.1) is 11.0 Å². The van der Waals surface area contributed by atoms with Gasteiger partial charge in [-0.15, -0.1) is 0 Å². The minimum atomic E-state index is -0.534. The van der Waals surface area contributed by atoms with E-state index in [0.29, 0.717) is 0 Å². The molecule has 5 nitrogen and oxygen atoms in total. The average Bonchev–Trinajstić information content (AvgIpc) is 3.17. The molecule has 3 aromatic carbocycles. The molecule has 5 heteroatoms. The Bertz CT molecular complexity index is 1110. The summed E-state index contributed by atoms with van der Waals surface area (Å²) in [5.74, 6) is 0.254. The van der Waals surface area contributed by atoms with E-state index in [1.807, 2.05) is 6.07 Å². The molecule has 27 heavy (non-hydrogen) atoms. The Morgan fingerprint density at radius 3 is 2.81 bits per heavy atom. The molecule has 0 unspecified atom stereocenters. The summed E-state index contributed by atoms with van der Waals surface area (Å²) in [6, 6.07) is 17.2. The number of hydrogen-bond donors (Lipinski definition) is 2. The fourth-order valence-electron chi connectivity index (χ4n) is 4.59. The third kappa shape index (κ3) is 2.39. The number of nitro groups is 1. The molecule has 3 aromatic rings. The van der Waals surface area contributed by atoms with Crippen LogP contribution in [0.5, 0.6) is 5.75 Å². The number of allylic oxidation sites excluding steroid dienone is 2. The largest absolute Gasteiger partial charge is 0.502 e. The van der Waals surface area contributed by atoms with Gasteiger partial charge in [-0.3, -0.25) is 10.1 Å². The number of fused-ring (bicyclic) bond motifs is 5. The maximum absolute atomic E-state index is 11.2. The van der Waals surface area contributed by atoms with Crippen molar-refractivity contribution < 1.29 is 10.0 Å². The minimum absolute atomic E-state index is 0.0436. The first-order chi connectivity index (χ1) is 13.1. The van der Waals surface area contributed by atoms with Gasteiger partial charge in [0.15, 0.2) is 5.75 Å².